The van der Waals surface area contributed by atoms with Crippen molar-refractivity contribution >= 4 is 5.78 Å². The van der Waals surface area contributed by atoms with Crippen molar-refractivity contribution in [2.24, 2.45) is 0 Å². The molecular formula is C8H14O2. The summed E-state index contributed by atoms with van der Waals surface area (Å²) in [4.78, 5) is 10.5. The van der Waals surface area contributed by atoms with Crippen LogP contribution >= 0.6 is 0 Å². The highest BCUT2D eigenvalue weighted by molar-refractivity contribution is 5.75. The normalized spacial score (nSPS) is 25.1. The van der Waals surface area contributed by atoms with Crippen LogP contribution in [-0.4, -0.2) is 18.5 Å². The van der Waals surface area contributed by atoms with Crippen LogP contribution < -0.4 is 0 Å². The quantitative estimate of drug-likeness (QED) is 0.597. The first kappa shape index (κ1) is 7.73. The lowest BCUT2D eigenvalue weighted by atomic mass is 10.1. The van der Waals surface area contributed by atoms with E-state index in [2.05, 4.69) is 0 Å². The van der Waals surface area contributed by atoms with Gasteiger partial charge in [-0.2, -0.15) is 0 Å². The van der Waals surface area contributed by atoms with Crippen LogP contribution in [0.3, 0.4) is 0 Å². The molecule has 0 saturated carbocycles. The average Bonchev–Trinajstić information content (AvgIpc) is 2.34. The van der Waals surface area contributed by atoms with E-state index in [0.717, 1.165) is 19.4 Å². The maximum atomic E-state index is 10.5. The predicted molar refractivity (Wildman–Crippen MR) is 38.9 cm³/mol. The highest BCUT2D eigenvalue weighted by atomic mass is 16.5. The number of ether oxygens (including phenoxy) is 1. The van der Waals surface area contributed by atoms with Gasteiger partial charge in [-0.1, -0.05) is 0 Å². The highest BCUT2D eigenvalue weighted by Crippen LogP contribution is 2.16. The third-order valence-electron chi connectivity index (χ3n) is 1.84. The van der Waals surface area contributed by atoms with E-state index in [1.165, 1.54) is 6.42 Å². The van der Waals surface area contributed by atoms with Crippen molar-refractivity contribution in [1.29, 1.82) is 0 Å². The molecule has 0 aromatic heterocycles. The summed E-state index contributed by atoms with van der Waals surface area (Å²) >= 11 is 0. The van der Waals surface area contributed by atoms with E-state index in [1.54, 1.807) is 6.92 Å². The van der Waals surface area contributed by atoms with Gasteiger partial charge in [0.1, 0.15) is 5.78 Å². The van der Waals surface area contributed by atoms with Gasteiger partial charge < -0.3 is 9.53 Å². The van der Waals surface area contributed by atoms with Crippen molar-refractivity contribution in [3.8, 4) is 0 Å². The molecule has 2 heteroatoms. The molecule has 0 N–H and O–H groups in total. The van der Waals surface area contributed by atoms with Crippen LogP contribution in [0, 0.1) is 0 Å². The van der Waals surface area contributed by atoms with E-state index in [1.807, 2.05) is 0 Å². The average molecular weight is 142 g/mol. The van der Waals surface area contributed by atoms with E-state index in [0.29, 0.717) is 12.5 Å². The van der Waals surface area contributed by atoms with Crippen molar-refractivity contribution < 1.29 is 9.53 Å². The van der Waals surface area contributed by atoms with Gasteiger partial charge in [-0.25, -0.2) is 0 Å². The minimum absolute atomic E-state index is 0.274. The zero-order valence-corrected chi connectivity index (χ0v) is 6.43. The van der Waals surface area contributed by atoms with Crippen molar-refractivity contribution in [2.45, 2.75) is 38.7 Å². The fourth-order valence-electron chi connectivity index (χ4n) is 1.24. The number of Topliss-reactive ketones (excluding diaryl/α,β-unsaturated/α-hetero) is 1. The first-order valence-electron chi connectivity index (χ1n) is 3.90. The number of carbonyl (C=O) groups is 1. The van der Waals surface area contributed by atoms with Gasteiger partial charge in [-0.15, -0.1) is 0 Å². The van der Waals surface area contributed by atoms with Gasteiger partial charge in [0.2, 0.25) is 0 Å². The molecule has 1 atom stereocenters. The smallest absolute Gasteiger partial charge is 0.129 e. The zero-order valence-electron chi connectivity index (χ0n) is 6.43. The summed E-state index contributed by atoms with van der Waals surface area (Å²) in [5, 5.41) is 0. The molecule has 1 saturated heterocycles. The molecule has 58 valence electrons. The minimum Gasteiger partial charge on any atom is -0.378 e. The molecule has 1 aliphatic heterocycles. The summed E-state index contributed by atoms with van der Waals surface area (Å²) in [6.07, 6.45) is 4.31. The summed E-state index contributed by atoms with van der Waals surface area (Å²) in [5.74, 6) is 0.274. The van der Waals surface area contributed by atoms with Crippen molar-refractivity contribution in [1.82, 2.24) is 0 Å². The standard InChI is InChI=1S/C8H14O2/c1-7(9)4-5-8-3-2-6-10-8/h8H,2-6H2,1H3. The van der Waals surface area contributed by atoms with Gasteiger partial charge in [0.25, 0.3) is 0 Å². The van der Waals surface area contributed by atoms with Crippen LogP contribution in [0.1, 0.15) is 32.6 Å². The number of hydrogen-bond donors (Lipinski definition) is 0. The SMILES string of the molecule is CC(=O)CCC1CCCO1. The van der Waals surface area contributed by atoms with Gasteiger partial charge in [-0.3, -0.25) is 0 Å². The Labute approximate surface area is 61.6 Å². The maximum absolute atomic E-state index is 10.5. The number of rotatable bonds is 3. The number of hydrogen-bond acceptors (Lipinski definition) is 2. The molecule has 0 bridgehead atoms. The molecule has 1 aliphatic rings. The van der Waals surface area contributed by atoms with Crippen LogP contribution in [0.2, 0.25) is 0 Å². The van der Waals surface area contributed by atoms with E-state index >= 15 is 0 Å². The second-order valence-corrected chi connectivity index (χ2v) is 2.88. The highest BCUT2D eigenvalue weighted by Gasteiger charge is 2.15. The third kappa shape index (κ3) is 2.48. The molecule has 0 aromatic rings. The van der Waals surface area contributed by atoms with Gasteiger partial charge in [-0.05, 0) is 26.2 Å². The van der Waals surface area contributed by atoms with Gasteiger partial charge in [0, 0.05) is 13.0 Å². The Kier molecular flexibility index (Phi) is 2.87. The maximum Gasteiger partial charge on any atom is 0.129 e. The Morgan fingerprint density at radius 1 is 1.70 bits per heavy atom. The lowest BCUT2D eigenvalue weighted by Gasteiger charge is -2.05. The lowest BCUT2D eigenvalue weighted by Crippen LogP contribution is -2.06. The molecule has 1 unspecified atom stereocenters. The second kappa shape index (κ2) is 3.71. The van der Waals surface area contributed by atoms with E-state index < -0.39 is 0 Å². The summed E-state index contributed by atoms with van der Waals surface area (Å²) in [5.41, 5.74) is 0. The number of carbonyl (C=O) groups excluding carboxylic acids is 1. The lowest BCUT2D eigenvalue weighted by molar-refractivity contribution is -0.117. The molecule has 0 aliphatic carbocycles. The van der Waals surface area contributed by atoms with Crippen LogP contribution in [0.5, 0.6) is 0 Å². The van der Waals surface area contributed by atoms with Gasteiger partial charge in [0.05, 0.1) is 6.10 Å². The van der Waals surface area contributed by atoms with E-state index in [4.69, 9.17) is 4.74 Å². The topological polar surface area (TPSA) is 26.3 Å². The molecule has 0 spiro atoms. The molecule has 1 heterocycles. The summed E-state index contributed by atoms with van der Waals surface area (Å²) < 4.78 is 5.35. The van der Waals surface area contributed by atoms with Crippen LogP contribution in [0.25, 0.3) is 0 Å². The third-order valence-corrected chi connectivity index (χ3v) is 1.84. The molecule has 0 radical (unpaired) electrons. The molecule has 0 aromatic carbocycles. The van der Waals surface area contributed by atoms with Gasteiger partial charge >= 0.3 is 0 Å². The summed E-state index contributed by atoms with van der Waals surface area (Å²) in [6, 6.07) is 0. The number of ketones is 1. The molecule has 0 amide bonds. The fraction of sp³-hybridized carbons (Fsp3) is 0.875. The second-order valence-electron chi connectivity index (χ2n) is 2.88. The Hall–Kier alpha value is -0.370. The Balaban J connectivity index is 2.07. The summed E-state index contributed by atoms with van der Waals surface area (Å²) in [7, 11) is 0. The van der Waals surface area contributed by atoms with Crippen LogP contribution in [0.4, 0.5) is 0 Å². The van der Waals surface area contributed by atoms with Crippen LogP contribution in [-0.2, 0) is 9.53 Å². The molecular weight excluding hydrogens is 128 g/mol. The molecule has 10 heavy (non-hydrogen) atoms. The Morgan fingerprint density at radius 3 is 3.00 bits per heavy atom. The van der Waals surface area contributed by atoms with E-state index in [9.17, 15) is 4.79 Å². The largest absolute Gasteiger partial charge is 0.378 e. The van der Waals surface area contributed by atoms with Crippen molar-refractivity contribution in [2.75, 3.05) is 6.61 Å². The Morgan fingerprint density at radius 2 is 2.50 bits per heavy atom. The fourth-order valence-corrected chi connectivity index (χ4v) is 1.24. The predicted octanol–water partition coefficient (Wildman–Crippen LogP) is 1.53. The van der Waals surface area contributed by atoms with Crippen molar-refractivity contribution in [3.63, 3.8) is 0 Å². The zero-order chi connectivity index (χ0) is 7.40. The first-order valence-corrected chi connectivity index (χ1v) is 3.90. The molecule has 2 nitrogen and oxygen atoms in total. The minimum atomic E-state index is 0.274. The first-order chi connectivity index (χ1) is 4.79. The molecule has 1 rings (SSSR count). The van der Waals surface area contributed by atoms with Gasteiger partial charge in [0.15, 0.2) is 0 Å². The van der Waals surface area contributed by atoms with Crippen molar-refractivity contribution in [3.05, 3.63) is 0 Å². The van der Waals surface area contributed by atoms with E-state index in [-0.39, 0.29) is 5.78 Å². The van der Waals surface area contributed by atoms with Crippen LogP contribution in [0.15, 0.2) is 0 Å². The molecule has 1 fully saturated rings. The monoisotopic (exact) mass is 142 g/mol. The summed E-state index contributed by atoms with van der Waals surface area (Å²) in [6.45, 7) is 2.53. The Bertz CT molecular complexity index is 114.